The molecule has 1 fully saturated rings. The van der Waals surface area contributed by atoms with Crippen LogP contribution in [0.5, 0.6) is 0 Å². The second-order valence-corrected chi connectivity index (χ2v) is 7.63. The zero-order valence-electron chi connectivity index (χ0n) is 16.2. The van der Waals surface area contributed by atoms with Gasteiger partial charge in [-0.3, -0.25) is 14.4 Å². The summed E-state index contributed by atoms with van der Waals surface area (Å²) in [4.78, 5) is 57.4. The van der Waals surface area contributed by atoms with Gasteiger partial charge in [-0.05, 0) is 12.8 Å². The molecule has 6 N–H and O–H groups in total. The summed E-state index contributed by atoms with van der Waals surface area (Å²) in [5.74, 6) is -2.75. The van der Waals surface area contributed by atoms with Crippen molar-refractivity contribution < 1.29 is 24.3 Å². The Labute approximate surface area is 184 Å². The maximum absolute atomic E-state index is 13.2. The van der Waals surface area contributed by atoms with E-state index < -0.39 is 47.9 Å². The average Bonchev–Trinajstić information content (AvgIpc) is 3.41. The zero-order valence-corrected chi connectivity index (χ0v) is 17.9. The molecule has 4 unspecified atom stereocenters. The fraction of sp³-hybridized carbons (Fsp3) is 0.588. The first-order valence-corrected chi connectivity index (χ1v) is 10.6. The number of aromatic amines is 1. The summed E-state index contributed by atoms with van der Waals surface area (Å²) >= 11 is 7.93. The minimum atomic E-state index is -1.21. The van der Waals surface area contributed by atoms with Crippen LogP contribution in [0.4, 0.5) is 0 Å². The van der Waals surface area contributed by atoms with Crippen LogP contribution in [0.1, 0.15) is 18.5 Å². The van der Waals surface area contributed by atoms with Gasteiger partial charge in [-0.25, -0.2) is 9.78 Å². The largest absolute Gasteiger partial charge is 0.480 e. The molecule has 0 radical (unpaired) electrons. The highest BCUT2D eigenvalue weighted by molar-refractivity contribution is 7.80. The molecule has 30 heavy (non-hydrogen) atoms. The number of nitrogens with zero attached hydrogens (tertiary/aromatic N) is 2. The molecule has 11 nitrogen and oxygen atoms in total. The van der Waals surface area contributed by atoms with Crippen molar-refractivity contribution in [2.75, 3.05) is 18.1 Å². The van der Waals surface area contributed by atoms with Gasteiger partial charge in [-0.2, -0.15) is 25.3 Å². The van der Waals surface area contributed by atoms with Crippen LogP contribution in [0.3, 0.4) is 0 Å². The minimum Gasteiger partial charge on any atom is -0.480 e. The van der Waals surface area contributed by atoms with Crippen LogP contribution >= 0.6 is 25.3 Å². The number of imidazole rings is 1. The maximum atomic E-state index is 13.2. The number of aromatic nitrogens is 2. The molecule has 2 heterocycles. The van der Waals surface area contributed by atoms with Crippen molar-refractivity contribution in [3.05, 3.63) is 18.2 Å². The number of H-pyrrole nitrogens is 1. The molecule has 1 aliphatic rings. The number of carboxylic acid groups (broad SMARTS) is 1. The number of carboxylic acids is 1. The number of aliphatic carboxylic acids is 1. The van der Waals surface area contributed by atoms with Gasteiger partial charge in [0.2, 0.25) is 17.7 Å². The van der Waals surface area contributed by atoms with Crippen LogP contribution < -0.4 is 16.4 Å². The molecular weight excluding hydrogens is 432 g/mol. The molecule has 0 saturated carbocycles. The summed E-state index contributed by atoms with van der Waals surface area (Å²) in [6.45, 7) is 0.309. The Morgan fingerprint density at radius 3 is 2.57 bits per heavy atom. The van der Waals surface area contributed by atoms with Crippen molar-refractivity contribution in [2.24, 2.45) is 5.73 Å². The maximum Gasteiger partial charge on any atom is 0.327 e. The summed E-state index contributed by atoms with van der Waals surface area (Å²) in [7, 11) is 0. The molecule has 13 heteroatoms. The minimum absolute atomic E-state index is 0.0815. The fourth-order valence-corrected chi connectivity index (χ4v) is 3.55. The lowest BCUT2D eigenvalue weighted by molar-refractivity contribution is -0.144. The van der Waals surface area contributed by atoms with Gasteiger partial charge in [0.25, 0.3) is 0 Å². The molecule has 0 spiro atoms. The number of amides is 3. The Bertz CT molecular complexity index is 762. The smallest absolute Gasteiger partial charge is 0.327 e. The molecule has 1 saturated heterocycles. The highest BCUT2D eigenvalue weighted by Gasteiger charge is 2.39. The monoisotopic (exact) mass is 458 g/mol. The molecule has 2 rings (SSSR count). The van der Waals surface area contributed by atoms with E-state index in [4.69, 9.17) is 10.8 Å². The molecule has 1 aromatic rings. The summed E-state index contributed by atoms with van der Waals surface area (Å²) in [5.41, 5.74) is 6.33. The van der Waals surface area contributed by atoms with Crippen LogP contribution in [0.25, 0.3) is 0 Å². The van der Waals surface area contributed by atoms with E-state index >= 15 is 0 Å². The summed E-state index contributed by atoms with van der Waals surface area (Å²) in [5, 5.41) is 14.2. The van der Waals surface area contributed by atoms with Crippen LogP contribution in [0.15, 0.2) is 12.5 Å². The molecule has 1 aliphatic heterocycles. The predicted molar refractivity (Wildman–Crippen MR) is 114 cm³/mol. The molecule has 0 aliphatic carbocycles. The first-order valence-electron chi connectivity index (χ1n) is 9.37. The van der Waals surface area contributed by atoms with E-state index in [9.17, 15) is 19.2 Å². The van der Waals surface area contributed by atoms with Gasteiger partial charge in [0.05, 0.1) is 12.4 Å². The Morgan fingerprint density at radius 2 is 2.00 bits per heavy atom. The van der Waals surface area contributed by atoms with Gasteiger partial charge in [0.15, 0.2) is 0 Å². The highest BCUT2D eigenvalue weighted by atomic mass is 32.1. The van der Waals surface area contributed by atoms with Gasteiger partial charge >= 0.3 is 5.97 Å². The summed E-state index contributed by atoms with van der Waals surface area (Å²) in [6, 6.07) is -3.86. The third-order valence-electron chi connectivity index (χ3n) is 4.76. The third kappa shape index (κ3) is 6.12. The number of hydrogen-bond donors (Lipinski definition) is 7. The van der Waals surface area contributed by atoms with Crippen molar-refractivity contribution in [3.8, 4) is 0 Å². The predicted octanol–water partition coefficient (Wildman–Crippen LogP) is -1.82. The lowest BCUT2D eigenvalue weighted by Crippen LogP contribution is -2.57. The van der Waals surface area contributed by atoms with E-state index in [1.807, 2.05) is 0 Å². The molecule has 166 valence electrons. The standard InChI is InChI=1S/C17H26N6O5S2/c18-10(6-29)14(24)21-11(4-9-5-19-8-20-9)16(26)23-3-1-2-13(23)15(25)22-12(7-30)17(27)28/h5,8,10-13,29-30H,1-4,6-7,18H2,(H,19,20)(H,21,24)(H,22,25)(H,27,28). The SMILES string of the molecule is NC(CS)C(=O)NC(Cc1cnc[nH]1)C(=O)N1CCCC1C(=O)NC(CS)C(=O)O. The van der Waals surface area contributed by atoms with Crippen LogP contribution in [0.2, 0.25) is 0 Å². The van der Waals surface area contributed by atoms with E-state index in [1.165, 1.54) is 17.4 Å². The van der Waals surface area contributed by atoms with Crippen LogP contribution in [-0.4, -0.2) is 85.9 Å². The Balaban J connectivity index is 2.16. The topological polar surface area (TPSA) is 171 Å². The van der Waals surface area contributed by atoms with E-state index in [1.54, 1.807) is 0 Å². The van der Waals surface area contributed by atoms with Gasteiger partial charge in [-0.1, -0.05) is 0 Å². The van der Waals surface area contributed by atoms with Crippen molar-refractivity contribution in [3.63, 3.8) is 0 Å². The second kappa shape index (κ2) is 11.2. The Hall–Kier alpha value is -2.25. The lowest BCUT2D eigenvalue weighted by Gasteiger charge is -2.29. The van der Waals surface area contributed by atoms with Crippen molar-refractivity contribution in [2.45, 2.75) is 43.4 Å². The molecule has 3 amide bonds. The quantitative estimate of drug-likeness (QED) is 0.202. The van der Waals surface area contributed by atoms with Gasteiger partial charge < -0.3 is 31.4 Å². The van der Waals surface area contributed by atoms with E-state index in [-0.39, 0.29) is 17.9 Å². The Morgan fingerprint density at radius 1 is 1.27 bits per heavy atom. The molecule has 0 aromatic carbocycles. The van der Waals surface area contributed by atoms with E-state index in [0.717, 1.165) is 0 Å². The number of thiol groups is 2. The van der Waals surface area contributed by atoms with Gasteiger partial charge in [-0.15, -0.1) is 0 Å². The zero-order chi connectivity index (χ0) is 22.3. The average molecular weight is 459 g/mol. The number of likely N-dealkylation sites (tertiary alicyclic amines) is 1. The van der Waals surface area contributed by atoms with Crippen molar-refractivity contribution in [1.82, 2.24) is 25.5 Å². The first-order chi connectivity index (χ1) is 14.3. The number of nitrogens with one attached hydrogen (secondary N) is 3. The summed E-state index contributed by atoms with van der Waals surface area (Å²) < 4.78 is 0. The number of carbonyl (C=O) groups excluding carboxylic acids is 3. The highest BCUT2D eigenvalue weighted by Crippen LogP contribution is 2.20. The van der Waals surface area contributed by atoms with E-state index in [2.05, 4.69) is 45.9 Å². The number of hydrogen-bond acceptors (Lipinski definition) is 8. The molecule has 1 aromatic heterocycles. The first kappa shape index (κ1) is 24.0. The normalized spacial score (nSPS) is 19.0. The van der Waals surface area contributed by atoms with Crippen molar-refractivity contribution in [1.29, 1.82) is 0 Å². The lowest BCUT2D eigenvalue weighted by atomic mass is 10.1. The Kier molecular flexibility index (Phi) is 8.99. The van der Waals surface area contributed by atoms with Gasteiger partial charge in [0, 0.05) is 36.4 Å². The number of carbonyl (C=O) groups is 4. The molecular formula is C17H26N6O5S2. The number of rotatable bonds is 10. The van der Waals surface area contributed by atoms with Crippen LogP contribution in [-0.2, 0) is 25.6 Å². The third-order valence-corrected chi connectivity index (χ3v) is 5.52. The summed E-state index contributed by atoms with van der Waals surface area (Å²) in [6.07, 6.45) is 4.07. The van der Waals surface area contributed by atoms with E-state index in [0.29, 0.717) is 25.1 Å². The molecule has 4 atom stereocenters. The molecule has 0 bridgehead atoms. The number of nitrogens with two attached hydrogens (primary N) is 1. The van der Waals surface area contributed by atoms with Gasteiger partial charge in [0.1, 0.15) is 18.1 Å². The second-order valence-electron chi connectivity index (χ2n) is 6.90. The van der Waals surface area contributed by atoms with Crippen LogP contribution in [0, 0.1) is 0 Å². The fourth-order valence-electron chi connectivity index (χ4n) is 3.13. The van der Waals surface area contributed by atoms with Crippen molar-refractivity contribution >= 4 is 48.9 Å².